The highest BCUT2D eigenvalue weighted by atomic mass is 32.1. The Hall–Kier alpha value is -1.32. The Morgan fingerprint density at radius 1 is 1.00 bits per heavy atom. The van der Waals surface area contributed by atoms with Gasteiger partial charge in [-0.15, -0.1) is 11.3 Å². The molecule has 3 aromatic rings. The minimum Gasteiger partial charge on any atom is -0.447 e. The minimum absolute atomic E-state index is 0.394. The summed E-state index contributed by atoms with van der Waals surface area (Å²) in [5.41, 5.74) is 0.985. The van der Waals surface area contributed by atoms with Crippen LogP contribution >= 0.6 is 11.3 Å². The van der Waals surface area contributed by atoms with Crippen LogP contribution in [0.2, 0.25) is 6.82 Å². The van der Waals surface area contributed by atoms with Crippen LogP contribution in [-0.2, 0) is 0 Å². The summed E-state index contributed by atoms with van der Waals surface area (Å²) in [5.74, 6) is 0. The lowest BCUT2D eigenvalue weighted by Crippen LogP contribution is -2.25. The Balaban J connectivity index is 2.37. The maximum absolute atomic E-state index is 9.56. The van der Waals surface area contributed by atoms with Crippen LogP contribution in [0.1, 0.15) is 0 Å². The van der Waals surface area contributed by atoms with Gasteiger partial charge < -0.3 is 5.02 Å². The summed E-state index contributed by atoms with van der Waals surface area (Å²) in [6, 6.07) is 14.6. The Labute approximate surface area is 98.5 Å². The summed E-state index contributed by atoms with van der Waals surface area (Å²) in [7, 11) is 0. The maximum Gasteiger partial charge on any atom is 0.320 e. The van der Waals surface area contributed by atoms with Crippen molar-refractivity contribution in [2.45, 2.75) is 6.82 Å². The molecule has 0 saturated heterocycles. The largest absolute Gasteiger partial charge is 0.447 e. The zero-order valence-corrected chi connectivity index (χ0v) is 9.79. The van der Waals surface area contributed by atoms with Crippen LogP contribution in [-0.4, -0.2) is 11.9 Å². The van der Waals surface area contributed by atoms with Crippen LogP contribution in [0, 0.1) is 0 Å². The van der Waals surface area contributed by atoms with E-state index in [0.29, 0.717) is 0 Å². The van der Waals surface area contributed by atoms with Gasteiger partial charge in [-0.1, -0.05) is 37.2 Å². The molecule has 0 bridgehead atoms. The number of hydrogen-bond donors (Lipinski definition) is 1. The molecular weight excluding hydrogens is 215 g/mol. The lowest BCUT2D eigenvalue weighted by Gasteiger charge is -2.00. The zero-order valence-electron chi connectivity index (χ0n) is 8.97. The molecule has 0 aliphatic rings. The first-order valence-electron chi connectivity index (χ1n) is 5.35. The second-order valence-corrected chi connectivity index (χ2v) is 5.11. The van der Waals surface area contributed by atoms with Gasteiger partial charge in [0.1, 0.15) is 0 Å². The van der Waals surface area contributed by atoms with Gasteiger partial charge in [0.15, 0.2) is 0 Å². The fourth-order valence-corrected chi connectivity index (χ4v) is 3.16. The molecule has 78 valence electrons. The number of thiophene rings is 1. The molecule has 16 heavy (non-hydrogen) atoms. The Bertz CT molecular complexity index is 657. The van der Waals surface area contributed by atoms with E-state index < -0.39 is 6.92 Å². The summed E-state index contributed by atoms with van der Waals surface area (Å²) in [6.45, 7) is 1.41. The summed E-state index contributed by atoms with van der Waals surface area (Å²) in [4.78, 5) is 0. The van der Waals surface area contributed by atoms with Crippen LogP contribution in [0.5, 0.6) is 0 Å². The maximum atomic E-state index is 9.56. The van der Waals surface area contributed by atoms with E-state index in [9.17, 15) is 5.02 Å². The van der Waals surface area contributed by atoms with Gasteiger partial charge in [-0.3, -0.25) is 0 Å². The van der Waals surface area contributed by atoms with Gasteiger partial charge in [0.2, 0.25) is 0 Å². The average molecular weight is 226 g/mol. The molecule has 0 aliphatic heterocycles. The van der Waals surface area contributed by atoms with Crippen molar-refractivity contribution >= 4 is 43.9 Å². The number of benzene rings is 2. The van der Waals surface area contributed by atoms with E-state index >= 15 is 0 Å². The Kier molecular flexibility index (Phi) is 2.23. The molecule has 2 aromatic carbocycles. The highest BCUT2D eigenvalue weighted by Crippen LogP contribution is 2.32. The fourth-order valence-electron chi connectivity index (χ4n) is 2.00. The summed E-state index contributed by atoms with van der Waals surface area (Å²) < 4.78 is 2.56. The molecule has 0 aliphatic carbocycles. The molecule has 1 heterocycles. The lowest BCUT2D eigenvalue weighted by molar-refractivity contribution is 0.594. The van der Waals surface area contributed by atoms with Gasteiger partial charge >= 0.3 is 6.92 Å². The predicted octanol–water partition coefficient (Wildman–Crippen LogP) is 2.88. The molecule has 3 heteroatoms. The number of fused-ring (bicyclic) bond motifs is 3. The van der Waals surface area contributed by atoms with Crippen LogP contribution in [0.25, 0.3) is 20.2 Å². The normalized spacial score (nSPS) is 11.1. The molecule has 1 aromatic heterocycles. The van der Waals surface area contributed by atoms with E-state index in [1.165, 1.54) is 20.2 Å². The third-order valence-electron chi connectivity index (χ3n) is 2.89. The van der Waals surface area contributed by atoms with Crippen molar-refractivity contribution in [2.24, 2.45) is 0 Å². The molecule has 0 amide bonds. The summed E-state index contributed by atoms with van der Waals surface area (Å²) in [5, 5.41) is 12.2. The quantitative estimate of drug-likeness (QED) is 0.632. The monoisotopic (exact) mass is 226 g/mol. The Morgan fingerprint density at radius 3 is 2.56 bits per heavy atom. The lowest BCUT2D eigenvalue weighted by atomic mass is 9.64. The van der Waals surface area contributed by atoms with Crippen molar-refractivity contribution in [1.82, 2.24) is 0 Å². The second kappa shape index (κ2) is 3.61. The standard InChI is InChI=1S/C13H11BOS/c1-14(15)9-6-7-11-10-4-2-3-5-12(10)16-13(11)8-9/h2-8,15H,1H3. The first-order chi connectivity index (χ1) is 7.75. The van der Waals surface area contributed by atoms with Crippen LogP contribution in [0.3, 0.4) is 0 Å². The van der Waals surface area contributed by atoms with Crippen molar-refractivity contribution in [2.75, 3.05) is 0 Å². The van der Waals surface area contributed by atoms with Gasteiger partial charge in [-0.05, 0) is 17.6 Å². The summed E-state index contributed by atoms with van der Waals surface area (Å²) >= 11 is 1.78. The van der Waals surface area contributed by atoms with Crippen molar-refractivity contribution in [1.29, 1.82) is 0 Å². The SMILES string of the molecule is CB(O)c1ccc2c(c1)sc1ccccc12. The average Bonchev–Trinajstić information content (AvgIpc) is 2.66. The predicted molar refractivity (Wildman–Crippen MR) is 72.8 cm³/mol. The molecule has 0 atom stereocenters. The highest BCUT2D eigenvalue weighted by molar-refractivity contribution is 7.25. The molecule has 0 saturated carbocycles. The van der Waals surface area contributed by atoms with E-state index in [1.54, 1.807) is 18.2 Å². The second-order valence-electron chi connectivity index (χ2n) is 4.03. The summed E-state index contributed by atoms with van der Waals surface area (Å²) in [6.07, 6.45) is 0. The van der Waals surface area contributed by atoms with Crippen molar-refractivity contribution in [3.8, 4) is 0 Å². The smallest absolute Gasteiger partial charge is 0.320 e. The van der Waals surface area contributed by atoms with Gasteiger partial charge in [0.05, 0.1) is 0 Å². The van der Waals surface area contributed by atoms with Crippen molar-refractivity contribution in [3.63, 3.8) is 0 Å². The first-order valence-corrected chi connectivity index (χ1v) is 6.16. The van der Waals surface area contributed by atoms with Gasteiger partial charge in [-0.25, -0.2) is 0 Å². The molecule has 0 radical (unpaired) electrons. The molecule has 1 N–H and O–H groups in total. The molecule has 3 rings (SSSR count). The van der Waals surface area contributed by atoms with Gasteiger partial charge in [-0.2, -0.15) is 0 Å². The van der Waals surface area contributed by atoms with E-state index in [0.717, 1.165) is 5.46 Å². The number of hydrogen-bond acceptors (Lipinski definition) is 2. The Morgan fingerprint density at radius 2 is 1.75 bits per heavy atom. The fraction of sp³-hybridized carbons (Fsp3) is 0.0769. The number of rotatable bonds is 1. The van der Waals surface area contributed by atoms with Gasteiger partial charge in [0, 0.05) is 20.2 Å². The van der Waals surface area contributed by atoms with Crippen molar-refractivity contribution < 1.29 is 5.02 Å². The minimum atomic E-state index is -0.394. The van der Waals surface area contributed by atoms with E-state index in [-0.39, 0.29) is 0 Å². The molecule has 0 fully saturated rings. The zero-order chi connectivity index (χ0) is 11.1. The molecular formula is C13H11BOS. The van der Waals surface area contributed by atoms with Crippen LogP contribution < -0.4 is 5.46 Å². The topological polar surface area (TPSA) is 20.2 Å². The third-order valence-corrected chi connectivity index (χ3v) is 4.02. The molecule has 0 spiro atoms. The van der Waals surface area contributed by atoms with Crippen LogP contribution in [0.4, 0.5) is 0 Å². The van der Waals surface area contributed by atoms with Crippen molar-refractivity contribution in [3.05, 3.63) is 42.5 Å². The highest BCUT2D eigenvalue weighted by Gasteiger charge is 2.09. The third kappa shape index (κ3) is 1.44. The van der Waals surface area contributed by atoms with Crippen LogP contribution in [0.15, 0.2) is 42.5 Å². The first kappa shape index (κ1) is 9.88. The molecule has 0 unspecified atom stereocenters. The van der Waals surface area contributed by atoms with E-state index in [1.807, 2.05) is 6.07 Å². The molecule has 1 nitrogen and oxygen atoms in total. The van der Waals surface area contributed by atoms with Gasteiger partial charge in [0.25, 0.3) is 0 Å². The van der Waals surface area contributed by atoms with E-state index in [2.05, 4.69) is 36.4 Å². The van der Waals surface area contributed by atoms with E-state index in [4.69, 9.17) is 0 Å².